The molecule has 50 heavy (non-hydrogen) atoms. The van der Waals surface area contributed by atoms with E-state index in [0.717, 1.165) is 98.6 Å². The van der Waals surface area contributed by atoms with Gasteiger partial charge in [-0.1, -0.05) is 84.9 Å². The summed E-state index contributed by atoms with van der Waals surface area (Å²) >= 11 is 0. The molecule has 0 N–H and O–H groups in total. The van der Waals surface area contributed by atoms with Crippen LogP contribution in [0.1, 0.15) is 0 Å². The van der Waals surface area contributed by atoms with Crippen molar-refractivity contribution in [2.24, 2.45) is 0 Å². The molecule has 0 unspecified atom stereocenters. The lowest BCUT2D eigenvalue weighted by Gasteiger charge is -2.21. The first-order valence-electron chi connectivity index (χ1n) is 16.6. The van der Waals surface area contributed by atoms with Gasteiger partial charge in [-0.15, -0.1) is 0 Å². The van der Waals surface area contributed by atoms with Gasteiger partial charge in [-0.25, -0.2) is 4.98 Å². The summed E-state index contributed by atoms with van der Waals surface area (Å²) in [6.45, 7) is 0. The lowest BCUT2D eigenvalue weighted by Crippen LogP contribution is -1.99. The molecular formula is C45H27N5. The number of hydrogen-bond acceptors (Lipinski definition) is 5. The Kier molecular flexibility index (Phi) is 6.42. The van der Waals surface area contributed by atoms with E-state index < -0.39 is 0 Å². The molecular weight excluding hydrogens is 611 g/mol. The Balaban J connectivity index is 1.42. The van der Waals surface area contributed by atoms with Gasteiger partial charge in [0.2, 0.25) is 0 Å². The highest BCUT2D eigenvalue weighted by Crippen LogP contribution is 2.47. The molecule has 0 aliphatic rings. The maximum Gasteiger partial charge on any atom is 0.0795 e. The molecule has 232 valence electrons. The summed E-state index contributed by atoms with van der Waals surface area (Å²) in [4.78, 5) is 23.7. The first-order chi connectivity index (χ1) is 24.8. The fourth-order valence-electron chi connectivity index (χ4n) is 7.42. The Morgan fingerprint density at radius 3 is 1.86 bits per heavy atom. The molecule has 5 heterocycles. The maximum atomic E-state index is 5.67. The number of benzene rings is 5. The molecule has 0 atom stereocenters. The average molecular weight is 638 g/mol. The van der Waals surface area contributed by atoms with Crippen molar-refractivity contribution in [2.75, 3.05) is 0 Å². The third-order valence-corrected chi connectivity index (χ3v) is 9.77. The predicted octanol–water partition coefficient (Wildman–Crippen LogP) is 11.1. The van der Waals surface area contributed by atoms with Crippen molar-refractivity contribution in [3.63, 3.8) is 0 Å². The van der Waals surface area contributed by atoms with Gasteiger partial charge in [0.05, 0.1) is 11.4 Å². The van der Waals surface area contributed by atoms with Crippen LogP contribution in [0.3, 0.4) is 0 Å². The van der Waals surface area contributed by atoms with E-state index in [4.69, 9.17) is 9.97 Å². The Labute approximate surface area is 287 Å². The molecule has 0 spiro atoms. The van der Waals surface area contributed by atoms with Crippen LogP contribution in [-0.4, -0.2) is 24.9 Å². The van der Waals surface area contributed by atoms with Gasteiger partial charge >= 0.3 is 0 Å². The van der Waals surface area contributed by atoms with Crippen LogP contribution in [0.2, 0.25) is 0 Å². The third kappa shape index (κ3) is 4.52. The zero-order valence-electron chi connectivity index (χ0n) is 26.8. The Hall–Kier alpha value is -6.85. The van der Waals surface area contributed by atoms with Gasteiger partial charge in [0, 0.05) is 104 Å². The molecule has 10 rings (SSSR count). The summed E-state index contributed by atoms with van der Waals surface area (Å²) in [6.07, 6.45) is 15.3. The second-order valence-corrected chi connectivity index (χ2v) is 12.6. The molecule has 0 saturated heterocycles. The minimum Gasteiger partial charge on any atom is -0.264 e. The van der Waals surface area contributed by atoms with Gasteiger partial charge < -0.3 is 0 Å². The number of nitrogens with zero attached hydrogens (tertiary/aromatic N) is 5. The van der Waals surface area contributed by atoms with E-state index in [0.29, 0.717) is 0 Å². The molecule has 10 aromatic rings. The summed E-state index contributed by atoms with van der Waals surface area (Å²) < 4.78 is 0. The minimum atomic E-state index is 0.905. The van der Waals surface area contributed by atoms with Gasteiger partial charge in [-0.05, 0) is 63.0 Å². The smallest absolute Gasteiger partial charge is 0.0795 e. The highest BCUT2D eigenvalue weighted by molar-refractivity contribution is 6.19. The monoisotopic (exact) mass is 637 g/mol. The molecule has 5 aromatic carbocycles. The summed E-state index contributed by atoms with van der Waals surface area (Å²) in [5.41, 5.74) is 8.23. The minimum absolute atomic E-state index is 0.905. The highest BCUT2D eigenvalue weighted by Gasteiger charge is 2.23. The molecule has 5 heteroatoms. The van der Waals surface area contributed by atoms with Crippen LogP contribution in [0.15, 0.2) is 165 Å². The SMILES string of the molecule is c1ccc2c(-c3cccc4c(-c5ccc6ccncc6c5)nc(-c5ccc6cnccc6c5)c(-c5cccc6cnccc56)c34)cncc2c1. The van der Waals surface area contributed by atoms with Crippen LogP contribution in [0, 0.1) is 0 Å². The van der Waals surface area contributed by atoms with Gasteiger partial charge in [0.25, 0.3) is 0 Å². The lowest BCUT2D eigenvalue weighted by molar-refractivity contribution is 1.34. The average Bonchev–Trinajstić information content (AvgIpc) is 3.19. The first-order valence-corrected chi connectivity index (χ1v) is 16.6. The van der Waals surface area contributed by atoms with E-state index in [9.17, 15) is 0 Å². The molecule has 0 fully saturated rings. The number of pyridine rings is 5. The van der Waals surface area contributed by atoms with Gasteiger partial charge in [-0.2, -0.15) is 0 Å². The van der Waals surface area contributed by atoms with Crippen LogP contribution in [0.25, 0.3) is 98.6 Å². The van der Waals surface area contributed by atoms with Crippen molar-refractivity contribution in [1.29, 1.82) is 0 Å². The molecule has 5 nitrogen and oxygen atoms in total. The molecule has 0 radical (unpaired) electrons. The molecule has 0 saturated carbocycles. The van der Waals surface area contributed by atoms with Crippen LogP contribution in [-0.2, 0) is 0 Å². The van der Waals surface area contributed by atoms with E-state index in [1.54, 1.807) is 0 Å². The van der Waals surface area contributed by atoms with E-state index in [1.165, 1.54) is 0 Å². The van der Waals surface area contributed by atoms with Gasteiger partial charge in [0.1, 0.15) is 0 Å². The highest BCUT2D eigenvalue weighted by atomic mass is 14.7. The zero-order valence-corrected chi connectivity index (χ0v) is 26.8. The van der Waals surface area contributed by atoms with E-state index >= 15 is 0 Å². The largest absolute Gasteiger partial charge is 0.264 e. The van der Waals surface area contributed by atoms with Crippen LogP contribution in [0.4, 0.5) is 0 Å². The summed E-state index contributed by atoms with van der Waals surface area (Å²) in [7, 11) is 0. The Morgan fingerprint density at radius 2 is 0.960 bits per heavy atom. The van der Waals surface area contributed by atoms with Crippen molar-refractivity contribution in [1.82, 2.24) is 24.9 Å². The summed E-state index contributed by atoms with van der Waals surface area (Å²) in [6, 6.07) is 40.8. The Morgan fingerprint density at radius 1 is 0.340 bits per heavy atom. The van der Waals surface area contributed by atoms with Crippen molar-refractivity contribution >= 4 is 53.9 Å². The third-order valence-electron chi connectivity index (χ3n) is 9.77. The lowest BCUT2D eigenvalue weighted by atomic mass is 9.85. The fraction of sp³-hybridized carbons (Fsp3) is 0. The molecule has 0 aliphatic carbocycles. The number of rotatable bonds is 4. The predicted molar refractivity (Wildman–Crippen MR) is 205 cm³/mol. The first kappa shape index (κ1) is 28.2. The molecule has 0 bridgehead atoms. The van der Waals surface area contributed by atoms with E-state index in [2.05, 4.69) is 124 Å². The zero-order chi connectivity index (χ0) is 33.0. The van der Waals surface area contributed by atoms with E-state index in [1.807, 2.05) is 55.6 Å². The molecule has 5 aromatic heterocycles. The van der Waals surface area contributed by atoms with Crippen LogP contribution in [0.5, 0.6) is 0 Å². The van der Waals surface area contributed by atoms with Gasteiger partial charge in [-0.3, -0.25) is 19.9 Å². The second kappa shape index (κ2) is 11.4. The number of aromatic nitrogens is 5. The standard InChI is InChI=1S/C45H27N5/c1-2-7-36-33(5-1)25-49-27-41(36)39-9-4-10-40-42(39)43(38-8-3-6-34-24-48-20-17-37(34)38)45(31-13-14-32-23-46-19-16-29(32)21-31)50-44(40)30-12-11-28-15-18-47-26-35(28)22-30/h1-27H. The van der Waals surface area contributed by atoms with Crippen molar-refractivity contribution in [3.8, 4) is 44.8 Å². The molecule has 0 amide bonds. The quantitative estimate of drug-likeness (QED) is 0.192. The van der Waals surface area contributed by atoms with Crippen LogP contribution >= 0.6 is 0 Å². The summed E-state index contributed by atoms with van der Waals surface area (Å²) in [5, 5.41) is 11.0. The number of hydrogen-bond donors (Lipinski definition) is 0. The number of fused-ring (bicyclic) bond motifs is 5. The topological polar surface area (TPSA) is 64.5 Å². The molecule has 0 aliphatic heterocycles. The van der Waals surface area contributed by atoms with Crippen molar-refractivity contribution in [3.05, 3.63) is 165 Å². The Bertz CT molecular complexity index is 2940. The van der Waals surface area contributed by atoms with Gasteiger partial charge in [0.15, 0.2) is 0 Å². The normalized spacial score (nSPS) is 11.6. The summed E-state index contributed by atoms with van der Waals surface area (Å²) in [5.74, 6) is 0. The fourth-order valence-corrected chi connectivity index (χ4v) is 7.42. The van der Waals surface area contributed by atoms with Crippen molar-refractivity contribution in [2.45, 2.75) is 0 Å². The van der Waals surface area contributed by atoms with Crippen LogP contribution < -0.4 is 0 Å². The maximum absolute atomic E-state index is 5.67. The van der Waals surface area contributed by atoms with Crippen molar-refractivity contribution < 1.29 is 0 Å². The van der Waals surface area contributed by atoms with E-state index in [-0.39, 0.29) is 0 Å². The second-order valence-electron chi connectivity index (χ2n) is 12.6.